The molecule has 5 nitrogen and oxygen atoms in total. The van der Waals surface area contributed by atoms with Gasteiger partial charge in [-0.2, -0.15) is 0 Å². The molecule has 0 aliphatic rings. The summed E-state index contributed by atoms with van der Waals surface area (Å²) in [7, 11) is 1.54. The fraction of sp³-hybridized carbons (Fsp3) is 0.462. The SMILES string of the molecule is CCN(CCO)C(C(=O)O)c1cccc(OC)c1. The number of benzene rings is 1. The van der Waals surface area contributed by atoms with Crippen LogP contribution >= 0.6 is 0 Å². The van der Waals surface area contributed by atoms with Crippen LogP contribution in [0.15, 0.2) is 24.3 Å². The zero-order chi connectivity index (χ0) is 13.5. The van der Waals surface area contributed by atoms with Gasteiger partial charge in [0.15, 0.2) is 0 Å². The van der Waals surface area contributed by atoms with Gasteiger partial charge in [-0.3, -0.25) is 9.69 Å². The highest BCUT2D eigenvalue weighted by Gasteiger charge is 2.26. The van der Waals surface area contributed by atoms with E-state index >= 15 is 0 Å². The Kier molecular flexibility index (Phi) is 5.61. The number of likely N-dealkylation sites (N-methyl/N-ethyl adjacent to an activating group) is 1. The molecule has 5 heteroatoms. The Labute approximate surface area is 107 Å². The number of carbonyl (C=O) groups is 1. The third kappa shape index (κ3) is 3.45. The number of aliphatic carboxylic acids is 1. The van der Waals surface area contributed by atoms with Crippen LogP contribution in [0.25, 0.3) is 0 Å². The topological polar surface area (TPSA) is 70.0 Å². The average molecular weight is 253 g/mol. The zero-order valence-electron chi connectivity index (χ0n) is 10.7. The molecule has 18 heavy (non-hydrogen) atoms. The van der Waals surface area contributed by atoms with Crippen LogP contribution in [0, 0.1) is 0 Å². The molecule has 1 atom stereocenters. The molecule has 1 rings (SSSR count). The minimum Gasteiger partial charge on any atom is -0.497 e. The molecule has 1 aromatic rings. The van der Waals surface area contributed by atoms with E-state index < -0.39 is 12.0 Å². The van der Waals surface area contributed by atoms with Crippen LogP contribution < -0.4 is 4.74 Å². The third-order valence-corrected chi connectivity index (χ3v) is 2.80. The summed E-state index contributed by atoms with van der Waals surface area (Å²) in [6, 6.07) is 6.22. The molecule has 0 saturated heterocycles. The second kappa shape index (κ2) is 6.98. The molecule has 0 fully saturated rings. The highest BCUT2D eigenvalue weighted by Crippen LogP contribution is 2.24. The van der Waals surface area contributed by atoms with E-state index in [2.05, 4.69) is 0 Å². The maximum Gasteiger partial charge on any atom is 0.325 e. The molecule has 0 heterocycles. The second-order valence-corrected chi connectivity index (χ2v) is 3.87. The van der Waals surface area contributed by atoms with Crippen LogP contribution in [0.1, 0.15) is 18.5 Å². The van der Waals surface area contributed by atoms with Gasteiger partial charge in [0.05, 0.1) is 13.7 Å². The Hall–Kier alpha value is -1.59. The number of carboxylic acid groups (broad SMARTS) is 1. The van der Waals surface area contributed by atoms with Gasteiger partial charge in [-0.05, 0) is 24.2 Å². The summed E-state index contributed by atoms with van der Waals surface area (Å²) in [5.74, 6) is -0.308. The summed E-state index contributed by atoms with van der Waals surface area (Å²) in [5.41, 5.74) is 0.650. The summed E-state index contributed by atoms with van der Waals surface area (Å²) >= 11 is 0. The maximum absolute atomic E-state index is 11.4. The van der Waals surface area contributed by atoms with Crippen molar-refractivity contribution in [1.29, 1.82) is 0 Å². The van der Waals surface area contributed by atoms with E-state index in [0.717, 1.165) is 0 Å². The van der Waals surface area contributed by atoms with Crippen molar-refractivity contribution in [3.05, 3.63) is 29.8 Å². The van der Waals surface area contributed by atoms with Crippen molar-refractivity contribution in [3.8, 4) is 5.75 Å². The molecule has 0 aliphatic heterocycles. The number of carboxylic acids is 1. The van der Waals surface area contributed by atoms with E-state index in [9.17, 15) is 9.90 Å². The molecular formula is C13H19NO4. The summed E-state index contributed by atoms with van der Waals surface area (Å²) in [6.45, 7) is 2.67. The molecule has 2 N–H and O–H groups in total. The van der Waals surface area contributed by atoms with Crippen LogP contribution in [0.3, 0.4) is 0 Å². The monoisotopic (exact) mass is 253 g/mol. The number of nitrogens with zero attached hydrogens (tertiary/aromatic N) is 1. The van der Waals surface area contributed by atoms with Crippen molar-refractivity contribution in [2.45, 2.75) is 13.0 Å². The highest BCUT2D eigenvalue weighted by molar-refractivity contribution is 5.75. The first-order valence-corrected chi connectivity index (χ1v) is 5.85. The van der Waals surface area contributed by atoms with Gasteiger partial charge in [-0.15, -0.1) is 0 Å². The zero-order valence-corrected chi connectivity index (χ0v) is 10.7. The largest absolute Gasteiger partial charge is 0.497 e. The van der Waals surface area contributed by atoms with E-state index in [1.807, 2.05) is 6.92 Å². The standard InChI is InChI=1S/C13H19NO4/c1-3-14(7-8-15)12(13(16)17)10-5-4-6-11(9-10)18-2/h4-6,9,12,15H,3,7-8H2,1-2H3,(H,16,17). The van der Waals surface area contributed by atoms with Crippen molar-refractivity contribution >= 4 is 5.97 Å². The van der Waals surface area contributed by atoms with Gasteiger partial charge < -0.3 is 14.9 Å². The molecule has 100 valence electrons. The highest BCUT2D eigenvalue weighted by atomic mass is 16.5. The molecule has 0 spiro atoms. The van der Waals surface area contributed by atoms with Crippen LogP contribution in [-0.2, 0) is 4.79 Å². The van der Waals surface area contributed by atoms with E-state index in [4.69, 9.17) is 9.84 Å². The summed E-state index contributed by atoms with van der Waals surface area (Å²) in [4.78, 5) is 13.1. The molecule has 0 bridgehead atoms. The summed E-state index contributed by atoms with van der Waals surface area (Å²) in [5, 5.41) is 18.3. The maximum atomic E-state index is 11.4. The molecular weight excluding hydrogens is 234 g/mol. The van der Waals surface area contributed by atoms with Crippen LogP contribution in [-0.4, -0.2) is 47.9 Å². The quantitative estimate of drug-likeness (QED) is 0.762. The smallest absolute Gasteiger partial charge is 0.325 e. The van der Waals surface area contributed by atoms with Crippen molar-refractivity contribution in [1.82, 2.24) is 4.90 Å². The minimum absolute atomic E-state index is 0.0679. The van der Waals surface area contributed by atoms with E-state index in [0.29, 0.717) is 24.4 Å². The molecule has 1 aromatic carbocycles. The summed E-state index contributed by atoms with van der Waals surface area (Å²) < 4.78 is 5.10. The van der Waals surface area contributed by atoms with Crippen molar-refractivity contribution < 1.29 is 19.7 Å². The summed E-state index contributed by atoms with van der Waals surface area (Å²) in [6.07, 6.45) is 0. The predicted molar refractivity (Wildman–Crippen MR) is 67.7 cm³/mol. The average Bonchev–Trinajstić information content (AvgIpc) is 2.38. The third-order valence-electron chi connectivity index (χ3n) is 2.80. The lowest BCUT2D eigenvalue weighted by Gasteiger charge is -2.27. The van der Waals surface area contributed by atoms with Gasteiger partial charge in [0.25, 0.3) is 0 Å². The van der Waals surface area contributed by atoms with Crippen LogP contribution in [0.4, 0.5) is 0 Å². The number of aliphatic hydroxyl groups is 1. The van der Waals surface area contributed by atoms with Gasteiger partial charge in [0, 0.05) is 6.54 Å². The first-order chi connectivity index (χ1) is 8.63. The van der Waals surface area contributed by atoms with Crippen molar-refractivity contribution in [3.63, 3.8) is 0 Å². The van der Waals surface area contributed by atoms with Crippen molar-refractivity contribution in [2.75, 3.05) is 26.8 Å². The lowest BCUT2D eigenvalue weighted by atomic mass is 10.0. The van der Waals surface area contributed by atoms with Gasteiger partial charge in [-0.25, -0.2) is 0 Å². The molecule has 0 aromatic heterocycles. The number of rotatable bonds is 7. The normalized spacial score (nSPS) is 12.4. The number of methoxy groups -OCH3 is 1. The fourth-order valence-corrected chi connectivity index (χ4v) is 1.92. The van der Waals surface area contributed by atoms with Gasteiger partial charge in [0.2, 0.25) is 0 Å². The first kappa shape index (κ1) is 14.5. The number of aliphatic hydroxyl groups excluding tert-OH is 1. The fourth-order valence-electron chi connectivity index (χ4n) is 1.92. The van der Waals surface area contributed by atoms with Gasteiger partial charge in [0.1, 0.15) is 11.8 Å². The Morgan fingerprint density at radius 1 is 1.50 bits per heavy atom. The lowest BCUT2D eigenvalue weighted by molar-refractivity contribution is -0.143. The first-order valence-electron chi connectivity index (χ1n) is 5.85. The minimum atomic E-state index is -0.932. The van der Waals surface area contributed by atoms with Gasteiger partial charge >= 0.3 is 5.97 Å². The number of hydrogen-bond acceptors (Lipinski definition) is 4. The Balaban J connectivity index is 3.06. The second-order valence-electron chi connectivity index (χ2n) is 3.87. The Bertz CT molecular complexity index is 394. The number of ether oxygens (including phenoxy) is 1. The molecule has 0 saturated carbocycles. The van der Waals surface area contributed by atoms with E-state index in [1.54, 1.807) is 36.3 Å². The van der Waals surface area contributed by atoms with Gasteiger partial charge in [-0.1, -0.05) is 19.1 Å². The molecule has 0 amide bonds. The predicted octanol–water partition coefficient (Wildman–Crippen LogP) is 1.14. The van der Waals surface area contributed by atoms with Crippen molar-refractivity contribution in [2.24, 2.45) is 0 Å². The Morgan fingerprint density at radius 3 is 2.72 bits per heavy atom. The molecule has 0 aliphatic carbocycles. The van der Waals surface area contributed by atoms with E-state index in [1.165, 1.54) is 0 Å². The van der Waals surface area contributed by atoms with Crippen LogP contribution in [0.5, 0.6) is 5.75 Å². The number of hydrogen-bond donors (Lipinski definition) is 2. The molecule has 1 unspecified atom stereocenters. The van der Waals surface area contributed by atoms with Crippen LogP contribution in [0.2, 0.25) is 0 Å². The lowest BCUT2D eigenvalue weighted by Crippen LogP contribution is -2.36. The Morgan fingerprint density at radius 2 is 2.22 bits per heavy atom. The molecule has 0 radical (unpaired) electrons. The van der Waals surface area contributed by atoms with E-state index in [-0.39, 0.29) is 6.61 Å².